The Morgan fingerprint density at radius 1 is 0.889 bits per heavy atom. The quantitative estimate of drug-likeness (QED) is 0.365. The van der Waals surface area contributed by atoms with Crippen LogP contribution in [0.25, 0.3) is 6.08 Å². The van der Waals surface area contributed by atoms with E-state index in [1.807, 2.05) is 52.0 Å². The van der Waals surface area contributed by atoms with E-state index in [1.54, 1.807) is 30.3 Å². The summed E-state index contributed by atoms with van der Waals surface area (Å²) in [5.41, 5.74) is 4.74. The van der Waals surface area contributed by atoms with Gasteiger partial charge in [-0.15, -0.1) is 0 Å². The average molecular weight is 485 g/mol. The van der Waals surface area contributed by atoms with Gasteiger partial charge < -0.3 is 9.47 Å². The maximum absolute atomic E-state index is 13.3. The zero-order chi connectivity index (χ0) is 25.8. The van der Waals surface area contributed by atoms with Crippen molar-refractivity contribution in [3.05, 3.63) is 94.1 Å². The first kappa shape index (κ1) is 24.7. The number of hydrogen-bond donors (Lipinski definition) is 1. The molecule has 1 fully saturated rings. The number of imide groups is 2. The molecule has 1 aliphatic rings. The Bertz CT molecular complexity index is 1380. The molecule has 1 heterocycles. The van der Waals surface area contributed by atoms with Crippen molar-refractivity contribution in [2.24, 2.45) is 0 Å². The van der Waals surface area contributed by atoms with Gasteiger partial charge in [-0.25, -0.2) is 9.69 Å². The SMILES string of the molecule is CCOc1cc(/C=C2\C(=O)NC(=O)N(c3cccc(C)c3C)C2=O)ccc1OCc1cccc(C)c1. The van der Waals surface area contributed by atoms with Gasteiger partial charge in [0.25, 0.3) is 11.8 Å². The molecule has 1 saturated heterocycles. The van der Waals surface area contributed by atoms with Crippen molar-refractivity contribution in [1.29, 1.82) is 0 Å². The summed E-state index contributed by atoms with van der Waals surface area (Å²) < 4.78 is 11.8. The number of benzene rings is 3. The van der Waals surface area contributed by atoms with Gasteiger partial charge in [-0.2, -0.15) is 0 Å². The topological polar surface area (TPSA) is 84.9 Å². The summed E-state index contributed by atoms with van der Waals surface area (Å²) in [7, 11) is 0. The van der Waals surface area contributed by atoms with Gasteiger partial charge in [0.1, 0.15) is 12.2 Å². The standard InChI is InChI=1S/C29H28N2O5/c1-5-35-26-16-21(12-13-25(26)36-17-22-10-6-8-18(2)14-22)15-23-27(32)30-29(34)31(28(23)33)24-11-7-9-19(3)20(24)4/h6-16H,5,17H2,1-4H3,(H,30,32,34)/b23-15+. The predicted molar refractivity (Wildman–Crippen MR) is 138 cm³/mol. The largest absolute Gasteiger partial charge is 0.490 e. The summed E-state index contributed by atoms with van der Waals surface area (Å²) in [5, 5.41) is 2.27. The van der Waals surface area contributed by atoms with Gasteiger partial charge in [-0.1, -0.05) is 48.0 Å². The van der Waals surface area contributed by atoms with Crippen LogP contribution < -0.4 is 19.7 Å². The highest BCUT2D eigenvalue weighted by Crippen LogP contribution is 2.31. The molecule has 0 radical (unpaired) electrons. The summed E-state index contributed by atoms with van der Waals surface area (Å²) in [6.45, 7) is 8.39. The number of hydrogen-bond acceptors (Lipinski definition) is 5. The Hall–Kier alpha value is -4.39. The van der Waals surface area contributed by atoms with E-state index in [9.17, 15) is 14.4 Å². The highest BCUT2D eigenvalue weighted by molar-refractivity contribution is 6.39. The van der Waals surface area contributed by atoms with Gasteiger partial charge in [-0.05, 0) is 74.2 Å². The number of aryl methyl sites for hydroxylation is 2. The maximum atomic E-state index is 13.3. The molecule has 0 saturated carbocycles. The highest BCUT2D eigenvalue weighted by Gasteiger charge is 2.37. The Morgan fingerprint density at radius 3 is 2.42 bits per heavy atom. The number of carbonyl (C=O) groups is 3. The molecule has 0 spiro atoms. The smallest absolute Gasteiger partial charge is 0.335 e. The Labute approximate surface area is 210 Å². The van der Waals surface area contributed by atoms with Crippen molar-refractivity contribution in [1.82, 2.24) is 5.32 Å². The molecule has 1 aliphatic heterocycles. The van der Waals surface area contributed by atoms with Crippen molar-refractivity contribution < 1.29 is 23.9 Å². The van der Waals surface area contributed by atoms with E-state index in [0.29, 0.717) is 36.0 Å². The van der Waals surface area contributed by atoms with Crippen LogP contribution in [0.5, 0.6) is 11.5 Å². The first-order valence-electron chi connectivity index (χ1n) is 11.7. The average Bonchev–Trinajstić information content (AvgIpc) is 2.84. The Kier molecular flexibility index (Phi) is 7.20. The normalized spacial score (nSPS) is 14.7. The first-order chi connectivity index (χ1) is 17.3. The number of nitrogens with one attached hydrogen (secondary N) is 1. The molecule has 36 heavy (non-hydrogen) atoms. The fourth-order valence-electron chi connectivity index (χ4n) is 3.99. The summed E-state index contributed by atoms with van der Waals surface area (Å²) in [6, 6.07) is 17.8. The molecular weight excluding hydrogens is 456 g/mol. The maximum Gasteiger partial charge on any atom is 0.335 e. The van der Waals surface area contributed by atoms with Gasteiger partial charge >= 0.3 is 6.03 Å². The van der Waals surface area contributed by atoms with Crippen LogP contribution in [0, 0.1) is 20.8 Å². The lowest BCUT2D eigenvalue weighted by Crippen LogP contribution is -2.54. The van der Waals surface area contributed by atoms with Crippen molar-refractivity contribution in [3.63, 3.8) is 0 Å². The monoisotopic (exact) mass is 484 g/mol. The zero-order valence-corrected chi connectivity index (χ0v) is 20.8. The summed E-state index contributed by atoms with van der Waals surface area (Å²) in [6.07, 6.45) is 1.45. The van der Waals surface area contributed by atoms with E-state index in [4.69, 9.17) is 9.47 Å². The fourth-order valence-corrected chi connectivity index (χ4v) is 3.99. The molecule has 0 bridgehead atoms. The van der Waals surface area contributed by atoms with Crippen LogP contribution in [-0.2, 0) is 16.2 Å². The second kappa shape index (κ2) is 10.5. The molecule has 184 valence electrons. The lowest BCUT2D eigenvalue weighted by atomic mass is 10.0. The highest BCUT2D eigenvalue weighted by atomic mass is 16.5. The number of carbonyl (C=O) groups excluding carboxylic acids is 3. The zero-order valence-electron chi connectivity index (χ0n) is 20.8. The molecular formula is C29H28N2O5. The second-order valence-electron chi connectivity index (χ2n) is 8.59. The lowest BCUT2D eigenvalue weighted by molar-refractivity contribution is -0.122. The van der Waals surface area contributed by atoms with Crippen LogP contribution in [0.4, 0.5) is 10.5 Å². The van der Waals surface area contributed by atoms with Crippen LogP contribution in [0.2, 0.25) is 0 Å². The van der Waals surface area contributed by atoms with E-state index in [1.165, 1.54) is 6.08 Å². The van der Waals surface area contributed by atoms with Gasteiger partial charge in [0.05, 0.1) is 12.3 Å². The third-order valence-corrected chi connectivity index (χ3v) is 5.97. The van der Waals surface area contributed by atoms with Crippen LogP contribution >= 0.6 is 0 Å². The van der Waals surface area contributed by atoms with E-state index in [0.717, 1.165) is 27.2 Å². The van der Waals surface area contributed by atoms with E-state index >= 15 is 0 Å². The lowest BCUT2D eigenvalue weighted by Gasteiger charge is -2.28. The van der Waals surface area contributed by atoms with Gasteiger partial charge in [0.2, 0.25) is 0 Å². The number of rotatable bonds is 7. The van der Waals surface area contributed by atoms with Gasteiger partial charge in [0.15, 0.2) is 11.5 Å². The fraction of sp³-hybridized carbons (Fsp3) is 0.207. The molecule has 0 aliphatic carbocycles. The van der Waals surface area contributed by atoms with E-state index in [2.05, 4.69) is 11.4 Å². The minimum Gasteiger partial charge on any atom is -0.490 e. The molecule has 0 atom stereocenters. The number of ether oxygens (including phenoxy) is 2. The number of barbiturate groups is 1. The number of anilines is 1. The third kappa shape index (κ3) is 5.15. The molecule has 0 aromatic heterocycles. The molecule has 7 heteroatoms. The Morgan fingerprint density at radius 2 is 1.67 bits per heavy atom. The van der Waals surface area contributed by atoms with E-state index < -0.39 is 17.8 Å². The molecule has 7 nitrogen and oxygen atoms in total. The Balaban J connectivity index is 1.63. The van der Waals surface area contributed by atoms with E-state index in [-0.39, 0.29) is 5.57 Å². The first-order valence-corrected chi connectivity index (χ1v) is 11.7. The minimum absolute atomic E-state index is 0.147. The summed E-state index contributed by atoms with van der Waals surface area (Å²) in [5.74, 6) is -0.391. The molecule has 3 aromatic rings. The van der Waals surface area contributed by atoms with Crippen molar-refractivity contribution in [2.45, 2.75) is 34.3 Å². The van der Waals surface area contributed by atoms with Crippen LogP contribution in [0.15, 0.2) is 66.2 Å². The predicted octanol–water partition coefficient (Wildman–Crippen LogP) is 5.26. The van der Waals surface area contributed by atoms with Crippen molar-refractivity contribution in [2.75, 3.05) is 11.5 Å². The van der Waals surface area contributed by atoms with Crippen molar-refractivity contribution >= 4 is 29.6 Å². The second-order valence-corrected chi connectivity index (χ2v) is 8.59. The van der Waals surface area contributed by atoms with Crippen molar-refractivity contribution in [3.8, 4) is 11.5 Å². The molecule has 4 rings (SSSR count). The number of nitrogens with zero attached hydrogens (tertiary/aromatic N) is 1. The minimum atomic E-state index is -0.772. The molecule has 0 unspecified atom stereocenters. The van der Waals surface area contributed by atoms with Gasteiger partial charge in [-0.3, -0.25) is 14.9 Å². The van der Waals surface area contributed by atoms with Crippen LogP contribution in [0.1, 0.15) is 34.7 Å². The van der Waals surface area contributed by atoms with Crippen LogP contribution in [-0.4, -0.2) is 24.5 Å². The molecule has 1 N–H and O–H groups in total. The van der Waals surface area contributed by atoms with Gasteiger partial charge in [0, 0.05) is 0 Å². The molecule has 3 aromatic carbocycles. The third-order valence-electron chi connectivity index (χ3n) is 5.97. The summed E-state index contributed by atoms with van der Waals surface area (Å²) >= 11 is 0. The van der Waals surface area contributed by atoms with Crippen LogP contribution in [0.3, 0.4) is 0 Å². The summed E-state index contributed by atoms with van der Waals surface area (Å²) in [4.78, 5) is 39.5. The number of amides is 4. The number of urea groups is 1. The molecule has 4 amide bonds.